The molecule has 8 heteroatoms. The summed E-state index contributed by atoms with van der Waals surface area (Å²) >= 11 is 3.92. The lowest BCUT2D eigenvalue weighted by atomic mass is 9.78. The Morgan fingerprint density at radius 3 is 2.68 bits per heavy atom. The molecule has 3 heterocycles. The molecule has 0 amide bonds. The zero-order valence-electron chi connectivity index (χ0n) is 9.72. The largest absolute Gasteiger partial charge is 0.481 e. The summed E-state index contributed by atoms with van der Waals surface area (Å²) in [5.74, 6) is -3.68. The Morgan fingerprint density at radius 1 is 1.32 bits per heavy atom. The average Bonchev–Trinajstić information content (AvgIpc) is 2.92. The third-order valence-electron chi connectivity index (χ3n) is 3.77. The number of carboxylic acids is 1. The topological polar surface area (TPSA) is 99.1 Å². The summed E-state index contributed by atoms with van der Waals surface area (Å²) in [6, 6.07) is 0. The van der Waals surface area contributed by atoms with Crippen LogP contribution in [0.15, 0.2) is 0 Å². The molecule has 3 aliphatic rings. The summed E-state index contributed by atoms with van der Waals surface area (Å²) in [7, 11) is 0. The number of rotatable bonds is 4. The molecule has 19 heavy (non-hydrogen) atoms. The molecule has 0 aromatic rings. The maximum absolute atomic E-state index is 11.6. The molecular formula is C11H12O7S. The van der Waals surface area contributed by atoms with Gasteiger partial charge in [0.1, 0.15) is 24.0 Å². The highest BCUT2D eigenvalue weighted by atomic mass is 32.1. The van der Waals surface area contributed by atoms with E-state index in [1.165, 1.54) is 0 Å². The lowest BCUT2D eigenvalue weighted by Crippen LogP contribution is -2.47. The molecule has 6 atom stereocenters. The summed E-state index contributed by atoms with van der Waals surface area (Å²) < 4.78 is 15.8. The Bertz CT molecular complexity index is 450. The van der Waals surface area contributed by atoms with Crippen molar-refractivity contribution in [2.75, 3.05) is 5.75 Å². The van der Waals surface area contributed by atoms with Gasteiger partial charge >= 0.3 is 17.9 Å². The second-order valence-corrected chi connectivity index (χ2v) is 5.23. The fourth-order valence-electron chi connectivity index (χ4n) is 3.05. The van der Waals surface area contributed by atoms with Crippen molar-refractivity contribution in [3.05, 3.63) is 0 Å². The van der Waals surface area contributed by atoms with Crippen LogP contribution < -0.4 is 0 Å². The van der Waals surface area contributed by atoms with E-state index in [1.807, 2.05) is 0 Å². The van der Waals surface area contributed by atoms with Gasteiger partial charge in [-0.15, -0.1) is 0 Å². The SMILES string of the molecule is O=C(CCS)OC1C2OC(=O)C3C2OC1C3C(=O)O. The first-order chi connectivity index (χ1) is 9.04. The van der Waals surface area contributed by atoms with Gasteiger partial charge in [-0.1, -0.05) is 0 Å². The van der Waals surface area contributed by atoms with Gasteiger partial charge in [0.25, 0.3) is 0 Å². The quantitative estimate of drug-likeness (QED) is 0.518. The van der Waals surface area contributed by atoms with E-state index in [0.717, 1.165) is 0 Å². The van der Waals surface area contributed by atoms with E-state index in [0.29, 0.717) is 5.75 Å². The van der Waals surface area contributed by atoms with Gasteiger partial charge in [0.15, 0.2) is 12.2 Å². The van der Waals surface area contributed by atoms with Crippen molar-refractivity contribution in [2.45, 2.75) is 30.8 Å². The van der Waals surface area contributed by atoms with Gasteiger partial charge < -0.3 is 19.3 Å². The lowest BCUT2D eigenvalue weighted by molar-refractivity contribution is -0.162. The Labute approximate surface area is 113 Å². The fraction of sp³-hybridized carbons (Fsp3) is 0.727. The number of hydrogen-bond donors (Lipinski definition) is 2. The van der Waals surface area contributed by atoms with Crippen molar-refractivity contribution in [1.29, 1.82) is 0 Å². The van der Waals surface area contributed by atoms with Gasteiger partial charge in [-0.3, -0.25) is 14.4 Å². The molecule has 0 saturated carbocycles. The molecule has 6 unspecified atom stereocenters. The summed E-state index contributed by atoms with van der Waals surface area (Å²) in [5, 5.41) is 9.19. The third-order valence-corrected chi connectivity index (χ3v) is 4.00. The van der Waals surface area contributed by atoms with Crippen molar-refractivity contribution in [3.8, 4) is 0 Å². The first-order valence-corrected chi connectivity index (χ1v) is 6.57. The second-order valence-electron chi connectivity index (χ2n) is 4.78. The molecule has 3 fully saturated rings. The lowest BCUT2D eigenvalue weighted by Gasteiger charge is -2.25. The molecule has 0 spiro atoms. The summed E-state index contributed by atoms with van der Waals surface area (Å²) in [4.78, 5) is 34.4. The van der Waals surface area contributed by atoms with Crippen molar-refractivity contribution in [2.24, 2.45) is 11.8 Å². The standard InChI is InChI=1S/C11H12O7S/c12-3(1-2-19)16-8-6-4(10(13)14)5-7(17-6)9(8)18-11(5)15/h4-9,19H,1-2H2,(H,13,14). The van der Waals surface area contributed by atoms with Crippen molar-refractivity contribution in [1.82, 2.24) is 0 Å². The minimum Gasteiger partial charge on any atom is -0.481 e. The van der Waals surface area contributed by atoms with Crippen LogP contribution in [0.2, 0.25) is 0 Å². The second kappa shape index (κ2) is 4.38. The maximum atomic E-state index is 11.6. The predicted molar refractivity (Wildman–Crippen MR) is 61.5 cm³/mol. The highest BCUT2D eigenvalue weighted by Crippen LogP contribution is 2.51. The van der Waals surface area contributed by atoms with Gasteiger partial charge in [-0.2, -0.15) is 12.6 Å². The summed E-state index contributed by atoms with van der Waals surface area (Å²) in [6.07, 6.45) is -2.83. The van der Waals surface area contributed by atoms with Crippen molar-refractivity contribution in [3.63, 3.8) is 0 Å². The number of carbonyl (C=O) groups excluding carboxylic acids is 2. The van der Waals surface area contributed by atoms with Crippen molar-refractivity contribution >= 4 is 30.5 Å². The van der Waals surface area contributed by atoms with Crippen LogP contribution in [0.25, 0.3) is 0 Å². The Kier molecular flexibility index (Phi) is 2.94. The number of aliphatic carboxylic acids is 1. The molecule has 2 bridgehead atoms. The normalized spacial score (nSPS) is 42.3. The van der Waals surface area contributed by atoms with Crippen molar-refractivity contribution < 1.29 is 33.7 Å². The minimum atomic E-state index is -1.13. The van der Waals surface area contributed by atoms with E-state index in [1.54, 1.807) is 0 Å². The van der Waals surface area contributed by atoms with Gasteiger partial charge in [0, 0.05) is 5.75 Å². The number of esters is 2. The number of carbonyl (C=O) groups is 3. The third kappa shape index (κ3) is 1.73. The number of fused-ring (bicyclic) bond motifs is 1. The number of ether oxygens (including phenoxy) is 3. The van der Waals surface area contributed by atoms with Gasteiger partial charge in [0.05, 0.1) is 6.42 Å². The first kappa shape index (κ1) is 12.7. The minimum absolute atomic E-state index is 0.110. The van der Waals surface area contributed by atoms with E-state index >= 15 is 0 Å². The highest BCUT2D eigenvalue weighted by molar-refractivity contribution is 7.80. The van der Waals surface area contributed by atoms with E-state index in [2.05, 4.69) is 12.6 Å². The monoisotopic (exact) mass is 288 g/mol. The van der Waals surface area contributed by atoms with Crippen LogP contribution in [0.5, 0.6) is 0 Å². The fourth-order valence-corrected chi connectivity index (χ4v) is 3.24. The van der Waals surface area contributed by atoms with E-state index in [-0.39, 0.29) is 6.42 Å². The molecule has 0 aliphatic carbocycles. The van der Waals surface area contributed by atoms with Crippen LogP contribution in [-0.4, -0.2) is 53.2 Å². The number of hydrogen-bond acceptors (Lipinski definition) is 7. The molecule has 0 aromatic carbocycles. The zero-order chi connectivity index (χ0) is 13.7. The molecule has 3 saturated heterocycles. The summed E-state index contributed by atoms with van der Waals surface area (Å²) in [5.41, 5.74) is 0. The molecule has 0 radical (unpaired) electrons. The maximum Gasteiger partial charge on any atom is 0.313 e. The number of carboxylic acid groups (broad SMARTS) is 1. The van der Waals surface area contributed by atoms with E-state index in [9.17, 15) is 19.5 Å². The molecule has 104 valence electrons. The molecule has 1 N–H and O–H groups in total. The van der Waals surface area contributed by atoms with Crippen LogP contribution >= 0.6 is 12.6 Å². The number of thiol groups is 1. The zero-order valence-corrected chi connectivity index (χ0v) is 10.6. The Hall–Kier alpha value is -1.28. The average molecular weight is 288 g/mol. The van der Waals surface area contributed by atoms with Gasteiger partial charge in [-0.05, 0) is 0 Å². The Balaban J connectivity index is 1.82. The van der Waals surface area contributed by atoms with Gasteiger partial charge in [0.2, 0.25) is 0 Å². The van der Waals surface area contributed by atoms with Gasteiger partial charge in [-0.25, -0.2) is 0 Å². The molecule has 0 aromatic heterocycles. The molecule has 3 rings (SSSR count). The Morgan fingerprint density at radius 2 is 2.05 bits per heavy atom. The van der Waals surface area contributed by atoms with Crippen LogP contribution in [0.1, 0.15) is 6.42 Å². The molecule has 7 nitrogen and oxygen atoms in total. The van der Waals surface area contributed by atoms with Crippen LogP contribution in [0.3, 0.4) is 0 Å². The summed E-state index contributed by atoms with van der Waals surface area (Å²) in [6.45, 7) is 0. The molecule has 3 aliphatic heterocycles. The molecular weight excluding hydrogens is 276 g/mol. The van der Waals surface area contributed by atoms with Crippen LogP contribution in [-0.2, 0) is 28.6 Å². The predicted octanol–water partition coefficient (Wildman–Crippen LogP) is -0.759. The van der Waals surface area contributed by atoms with Crippen LogP contribution in [0, 0.1) is 11.8 Å². The first-order valence-electron chi connectivity index (χ1n) is 5.93. The smallest absolute Gasteiger partial charge is 0.313 e. The van der Waals surface area contributed by atoms with E-state index in [4.69, 9.17) is 14.2 Å². The van der Waals surface area contributed by atoms with E-state index < -0.39 is 54.2 Å². The van der Waals surface area contributed by atoms with Crippen LogP contribution in [0.4, 0.5) is 0 Å². The highest BCUT2D eigenvalue weighted by Gasteiger charge is 2.71.